The average molecular weight is 1000 g/mol. The zero-order valence-electron chi connectivity index (χ0n) is 41.9. The maximum atomic E-state index is 2.57. The minimum absolute atomic E-state index is 1.13. The van der Waals surface area contributed by atoms with Crippen molar-refractivity contribution in [1.82, 2.24) is 9.13 Å². The fourth-order valence-electron chi connectivity index (χ4n) is 12.8. The molecule has 2 heterocycles. The van der Waals surface area contributed by atoms with Gasteiger partial charge >= 0.3 is 0 Å². The van der Waals surface area contributed by atoms with Crippen LogP contribution in [0.25, 0.3) is 66.1 Å². The zero-order valence-corrected chi connectivity index (χ0v) is 43.9. The molecule has 76 heavy (non-hydrogen) atoms. The molecule has 0 spiro atoms. The van der Waals surface area contributed by atoms with Gasteiger partial charge in [-0.1, -0.05) is 261 Å². The Morgan fingerprint density at radius 3 is 1.16 bits per heavy atom. The molecule has 12 aromatic carbocycles. The van der Waals surface area contributed by atoms with E-state index in [2.05, 4.69) is 325 Å². The van der Waals surface area contributed by atoms with E-state index in [4.69, 9.17) is 0 Å². The number of rotatable bonds is 11. The number of benzene rings is 12. The summed E-state index contributed by atoms with van der Waals surface area (Å²) in [5.74, 6) is 0. The predicted octanol–water partition coefficient (Wildman–Crippen LogP) is 12.3. The molecule has 0 fully saturated rings. The van der Waals surface area contributed by atoms with E-state index in [1.807, 2.05) is 0 Å². The molecule has 0 bridgehead atoms. The second-order valence-corrected chi connectivity index (χ2v) is 27.5. The quantitative estimate of drug-likeness (QED) is 0.0903. The lowest BCUT2D eigenvalue weighted by atomic mass is 10.0. The van der Waals surface area contributed by atoms with Crippen LogP contribution in [0.4, 0.5) is 0 Å². The highest BCUT2D eigenvalue weighted by atomic mass is 28.3. The third-order valence-electron chi connectivity index (χ3n) is 16.0. The van der Waals surface area contributed by atoms with Gasteiger partial charge in [0, 0.05) is 32.9 Å². The predicted molar refractivity (Wildman–Crippen MR) is 328 cm³/mol. The van der Waals surface area contributed by atoms with Gasteiger partial charge in [-0.15, -0.1) is 0 Å². The molecule has 0 amide bonds. The van der Waals surface area contributed by atoms with Gasteiger partial charge in [-0.25, -0.2) is 0 Å². The van der Waals surface area contributed by atoms with Crippen molar-refractivity contribution in [3.8, 4) is 22.5 Å². The maximum absolute atomic E-state index is 3.07. The normalized spacial score (nSPS) is 11.9. The van der Waals surface area contributed by atoms with Crippen LogP contribution in [0.1, 0.15) is 0 Å². The third-order valence-corrected chi connectivity index (χ3v) is 25.6. The summed E-state index contributed by atoms with van der Waals surface area (Å²) in [5.41, 5.74) is 9.41. The molecule has 0 unspecified atom stereocenters. The van der Waals surface area contributed by atoms with Gasteiger partial charge in [-0.3, -0.25) is 0 Å². The SMILES string of the molecule is c1ccc(-c2ccc3c(c2)c2ccccc2n3-c2ccc3c(c2)c2c([Si](c4ccccc4)(c4ccccc4)c4ccccc4)cccc2n3-c2cccc([Si](c3ccccc3)(c3ccccc3)c3ccccc3)c2)cc1. The first kappa shape index (κ1) is 45.3. The summed E-state index contributed by atoms with van der Waals surface area (Å²) in [6, 6.07) is 118. The topological polar surface area (TPSA) is 9.86 Å². The van der Waals surface area contributed by atoms with Gasteiger partial charge in [-0.2, -0.15) is 0 Å². The molecule has 2 aromatic heterocycles. The molecule has 0 N–H and O–H groups in total. The maximum Gasteiger partial charge on any atom is 0.180 e. The Labute approximate surface area is 445 Å². The first-order valence-corrected chi connectivity index (χ1v) is 30.3. The van der Waals surface area contributed by atoms with Crippen LogP contribution in [0, 0.1) is 0 Å². The van der Waals surface area contributed by atoms with E-state index < -0.39 is 16.1 Å². The molecule has 0 saturated heterocycles. The molecule has 2 nitrogen and oxygen atoms in total. The number of hydrogen-bond acceptors (Lipinski definition) is 0. The van der Waals surface area contributed by atoms with E-state index in [0.717, 1.165) is 11.4 Å². The van der Waals surface area contributed by atoms with Gasteiger partial charge in [0.15, 0.2) is 16.1 Å². The summed E-state index contributed by atoms with van der Waals surface area (Å²) >= 11 is 0. The van der Waals surface area contributed by atoms with Crippen molar-refractivity contribution in [3.05, 3.63) is 315 Å². The molecule has 0 radical (unpaired) electrons. The fourth-order valence-corrected chi connectivity index (χ4v) is 22.6. The molecule has 0 atom stereocenters. The van der Waals surface area contributed by atoms with Crippen molar-refractivity contribution in [3.63, 3.8) is 0 Å². The van der Waals surface area contributed by atoms with E-state index in [1.165, 1.54) is 96.2 Å². The van der Waals surface area contributed by atoms with Gasteiger partial charge in [-0.05, 0) is 107 Å². The second kappa shape index (κ2) is 18.9. The summed E-state index contributed by atoms with van der Waals surface area (Å²) in [6.07, 6.45) is 0. The van der Waals surface area contributed by atoms with E-state index in [0.29, 0.717) is 0 Å². The molecular weight excluding hydrogens is 949 g/mol. The van der Waals surface area contributed by atoms with E-state index in [1.54, 1.807) is 0 Å². The number of nitrogens with zero attached hydrogens (tertiary/aromatic N) is 2. The standard InChI is InChI=1S/C72H52N2Si2/c1-8-26-53(27-9-1)54-46-48-68-65(50-54)64-42-22-23-43-67(64)73(68)56-47-49-69-66(52-56)72-70(44-25-45-71(72)76(60-35-16-5-17-36-60,61-37-18-6-19-38-61)62-39-20-7-21-40-62)74(69)55-28-24-41-63(51-55)75(57-29-10-2-11-30-57,58-31-12-3-13-32-58)59-33-14-4-15-34-59/h1-52H. The Hall–Kier alpha value is -9.33. The van der Waals surface area contributed by atoms with E-state index in [9.17, 15) is 0 Å². The largest absolute Gasteiger partial charge is 0.309 e. The first-order valence-electron chi connectivity index (χ1n) is 26.3. The summed E-state index contributed by atoms with van der Waals surface area (Å²) in [7, 11) is -5.95. The molecule has 14 rings (SSSR count). The van der Waals surface area contributed by atoms with Gasteiger partial charge < -0.3 is 9.13 Å². The van der Waals surface area contributed by atoms with Crippen LogP contribution in [-0.2, 0) is 0 Å². The van der Waals surface area contributed by atoms with Crippen molar-refractivity contribution in [2.24, 2.45) is 0 Å². The van der Waals surface area contributed by atoms with Crippen LogP contribution in [0.3, 0.4) is 0 Å². The van der Waals surface area contributed by atoms with Crippen LogP contribution in [0.5, 0.6) is 0 Å². The van der Waals surface area contributed by atoms with Crippen molar-refractivity contribution in [1.29, 1.82) is 0 Å². The van der Waals surface area contributed by atoms with Crippen LogP contribution in [-0.4, -0.2) is 25.3 Å². The third kappa shape index (κ3) is 7.14. The summed E-state index contributed by atoms with van der Waals surface area (Å²) < 4.78 is 5.06. The average Bonchev–Trinajstić information content (AvgIpc) is 4.14. The highest BCUT2D eigenvalue weighted by Crippen LogP contribution is 2.38. The Bertz CT molecular complexity index is 4170. The van der Waals surface area contributed by atoms with Crippen molar-refractivity contribution in [2.45, 2.75) is 0 Å². The smallest absolute Gasteiger partial charge is 0.180 e. The first-order chi connectivity index (χ1) is 37.7. The van der Waals surface area contributed by atoms with Crippen molar-refractivity contribution in [2.75, 3.05) is 0 Å². The van der Waals surface area contributed by atoms with Crippen LogP contribution in [0.2, 0.25) is 0 Å². The molecular formula is C72H52N2Si2. The second-order valence-electron chi connectivity index (χ2n) is 19.9. The van der Waals surface area contributed by atoms with Crippen LogP contribution < -0.4 is 41.5 Å². The van der Waals surface area contributed by atoms with E-state index in [-0.39, 0.29) is 0 Å². The van der Waals surface area contributed by atoms with Crippen LogP contribution >= 0.6 is 0 Å². The number of aromatic nitrogens is 2. The Morgan fingerprint density at radius 2 is 0.605 bits per heavy atom. The molecule has 4 heteroatoms. The zero-order chi connectivity index (χ0) is 50.5. The summed E-state index contributed by atoms with van der Waals surface area (Å²) in [4.78, 5) is 0. The summed E-state index contributed by atoms with van der Waals surface area (Å²) in [6.45, 7) is 0. The highest BCUT2D eigenvalue weighted by Gasteiger charge is 2.44. The molecule has 358 valence electrons. The molecule has 0 saturated carbocycles. The molecule has 0 aliphatic carbocycles. The number of para-hydroxylation sites is 1. The Morgan fingerprint density at radius 1 is 0.211 bits per heavy atom. The van der Waals surface area contributed by atoms with Crippen molar-refractivity contribution < 1.29 is 0 Å². The minimum atomic E-state index is -3.07. The molecule has 14 aromatic rings. The highest BCUT2D eigenvalue weighted by molar-refractivity contribution is 7.21. The molecule has 0 aliphatic rings. The number of fused-ring (bicyclic) bond motifs is 6. The monoisotopic (exact) mass is 1000 g/mol. The van der Waals surface area contributed by atoms with Gasteiger partial charge in [0.05, 0.1) is 22.1 Å². The molecule has 0 aliphatic heterocycles. The van der Waals surface area contributed by atoms with Gasteiger partial charge in [0.25, 0.3) is 0 Å². The van der Waals surface area contributed by atoms with Crippen molar-refractivity contribution >= 4 is 101 Å². The Kier molecular flexibility index (Phi) is 11.2. The van der Waals surface area contributed by atoms with Crippen LogP contribution in [0.15, 0.2) is 315 Å². The number of hydrogen-bond donors (Lipinski definition) is 0. The summed E-state index contributed by atoms with van der Waals surface area (Å²) in [5, 5.41) is 15.8. The minimum Gasteiger partial charge on any atom is -0.309 e. The lowest BCUT2D eigenvalue weighted by Crippen LogP contribution is -2.74. The van der Waals surface area contributed by atoms with Gasteiger partial charge in [0.1, 0.15) is 0 Å². The lowest BCUT2D eigenvalue weighted by molar-refractivity contribution is 1.17. The van der Waals surface area contributed by atoms with Gasteiger partial charge in [0.2, 0.25) is 0 Å². The fraction of sp³-hybridized carbons (Fsp3) is 0. The lowest BCUT2D eigenvalue weighted by Gasteiger charge is -2.35. The Balaban J connectivity index is 1.10. The van der Waals surface area contributed by atoms with E-state index >= 15 is 0 Å².